The Morgan fingerprint density at radius 2 is 0.830 bits per heavy atom. The van der Waals surface area contributed by atoms with E-state index in [4.69, 9.17) is 23.7 Å². The van der Waals surface area contributed by atoms with Crippen molar-refractivity contribution < 1.29 is 33.3 Å². The summed E-state index contributed by atoms with van der Waals surface area (Å²) in [5.41, 5.74) is 0.215. The molecule has 0 bridgehead atoms. The summed E-state index contributed by atoms with van der Waals surface area (Å²) in [5, 5.41) is 3.05. The third-order valence-electron chi connectivity index (χ3n) is 18.2. The number of hydrogen-bond donors (Lipinski definition) is 2. The average molecular weight is 1230 g/mol. The summed E-state index contributed by atoms with van der Waals surface area (Å²) in [6.45, 7) is 12.4. The molecule has 1 fully saturated rings. The van der Waals surface area contributed by atoms with E-state index in [-0.39, 0.29) is 31.7 Å². The maximum absolute atomic E-state index is 13.4. The van der Waals surface area contributed by atoms with Crippen molar-refractivity contribution in [1.82, 2.24) is 14.9 Å². The van der Waals surface area contributed by atoms with E-state index in [1.54, 1.807) is 6.92 Å². The first-order valence-electron chi connectivity index (χ1n) is 37.7. The van der Waals surface area contributed by atoms with Crippen LogP contribution in [0.15, 0.2) is 27.9 Å². The number of aromatic amines is 1. The third kappa shape index (κ3) is 39.5. The molecule has 2 aromatic rings. The fraction of sp³-hybridized carbons (Fsp3) is 0.842. The number of esters is 1. The van der Waals surface area contributed by atoms with Gasteiger partial charge in [-0.15, -0.1) is 0 Å². The number of nitrogens with zero attached hydrogens (tertiary/aromatic N) is 1. The molecule has 88 heavy (non-hydrogen) atoms. The zero-order chi connectivity index (χ0) is 63.2. The van der Waals surface area contributed by atoms with Crippen molar-refractivity contribution in [3.63, 3.8) is 0 Å². The summed E-state index contributed by atoms with van der Waals surface area (Å²) >= 11 is 0. The first-order chi connectivity index (χ1) is 43.2. The van der Waals surface area contributed by atoms with E-state index in [2.05, 4.69) is 31.1 Å². The lowest BCUT2D eigenvalue weighted by atomic mass is 10.0. The molecule has 0 saturated carbocycles. The molecule has 1 aliphatic heterocycles. The number of unbranched alkanes of at least 4 members (excludes halogenated alkanes) is 45. The second-order valence-electron chi connectivity index (χ2n) is 26.4. The highest BCUT2D eigenvalue weighted by molar-refractivity contribution is 5.81. The van der Waals surface area contributed by atoms with Gasteiger partial charge < -0.3 is 29.0 Å². The van der Waals surface area contributed by atoms with Crippen LogP contribution in [0.25, 0.3) is 0 Å². The maximum Gasteiger partial charge on any atom is 0.330 e. The van der Waals surface area contributed by atoms with Gasteiger partial charge in [-0.1, -0.05) is 317 Å². The fourth-order valence-corrected chi connectivity index (χ4v) is 12.5. The van der Waals surface area contributed by atoms with E-state index in [1.165, 1.54) is 280 Å². The largest absolute Gasteiger partial charge is 0.490 e. The number of carbonyl (C=O) groups is 2. The fourth-order valence-electron chi connectivity index (χ4n) is 12.5. The molecular formula is C76H135N3O9. The molecule has 12 heteroatoms. The van der Waals surface area contributed by atoms with Crippen molar-refractivity contribution in [3.05, 3.63) is 50.3 Å². The second kappa shape index (κ2) is 54.9. The van der Waals surface area contributed by atoms with E-state index in [0.29, 0.717) is 49.1 Å². The summed E-state index contributed by atoms with van der Waals surface area (Å²) in [6, 6.07) is 4.00. The first kappa shape index (κ1) is 78.4. The van der Waals surface area contributed by atoms with Gasteiger partial charge in [0, 0.05) is 31.1 Å². The Labute approximate surface area is 538 Å². The van der Waals surface area contributed by atoms with Crippen molar-refractivity contribution in [1.29, 1.82) is 0 Å². The molecule has 3 atom stereocenters. The Bertz CT molecular complexity index is 2050. The number of aryl methyl sites for hydroxylation is 1. The number of nitrogens with one attached hydrogen (secondary N) is 2. The van der Waals surface area contributed by atoms with Crippen LogP contribution in [-0.2, 0) is 25.6 Å². The molecule has 12 nitrogen and oxygen atoms in total. The molecule has 0 aliphatic carbocycles. The summed E-state index contributed by atoms with van der Waals surface area (Å²) < 4.78 is 33.3. The van der Waals surface area contributed by atoms with Crippen LogP contribution in [-0.4, -0.2) is 53.5 Å². The van der Waals surface area contributed by atoms with Crippen molar-refractivity contribution in [3.8, 4) is 17.2 Å². The van der Waals surface area contributed by atoms with Crippen molar-refractivity contribution in [2.75, 3.05) is 19.8 Å². The van der Waals surface area contributed by atoms with Gasteiger partial charge in [-0.2, -0.15) is 0 Å². The Morgan fingerprint density at radius 3 is 1.18 bits per heavy atom. The van der Waals surface area contributed by atoms with Crippen LogP contribution in [0.2, 0.25) is 0 Å². The molecule has 1 saturated heterocycles. The van der Waals surface area contributed by atoms with Crippen LogP contribution in [0, 0.1) is 6.92 Å². The number of carbonyl (C=O) groups excluding carboxylic acids is 2. The SMILES string of the molecule is CCCCCCCCCCCCCCCCCCOc1cc(CNC(=O)CCC(=O)OC2CC(n3cc(C)c(=O)[nH]c3=O)OC2CC)cc(OCCCCCCCCCCCCCCCCCC)c1OCCCCCCCCCCCCCCCCCC. The highest BCUT2D eigenvalue weighted by Gasteiger charge is 2.38. The van der Waals surface area contributed by atoms with Crippen molar-refractivity contribution in [2.45, 2.75) is 393 Å². The smallest absolute Gasteiger partial charge is 0.330 e. The number of H-pyrrole nitrogens is 1. The number of ether oxygens (including phenoxy) is 5. The molecule has 1 aromatic heterocycles. The van der Waals surface area contributed by atoms with Crippen LogP contribution in [0.1, 0.15) is 379 Å². The molecule has 3 rings (SSSR count). The Morgan fingerprint density at radius 1 is 0.489 bits per heavy atom. The van der Waals surface area contributed by atoms with Gasteiger partial charge in [0.2, 0.25) is 11.7 Å². The van der Waals surface area contributed by atoms with Crippen LogP contribution in [0.5, 0.6) is 17.2 Å². The van der Waals surface area contributed by atoms with Crippen molar-refractivity contribution >= 4 is 11.9 Å². The van der Waals surface area contributed by atoms with Gasteiger partial charge in [0.15, 0.2) is 11.5 Å². The predicted octanol–water partition coefficient (Wildman–Crippen LogP) is 21.5. The molecule has 0 spiro atoms. The molecule has 0 radical (unpaired) electrons. The quantitative estimate of drug-likeness (QED) is 0.0488. The number of rotatable bonds is 62. The highest BCUT2D eigenvalue weighted by atomic mass is 16.6. The van der Waals surface area contributed by atoms with Crippen LogP contribution in [0.3, 0.4) is 0 Å². The Kier molecular flexibility index (Phi) is 48.9. The van der Waals surface area contributed by atoms with Gasteiger partial charge in [0.25, 0.3) is 5.56 Å². The Hall–Kier alpha value is -3.80. The van der Waals surface area contributed by atoms with Crippen LogP contribution in [0.4, 0.5) is 0 Å². The van der Waals surface area contributed by atoms with E-state index >= 15 is 0 Å². The molecule has 3 unspecified atom stereocenters. The standard InChI is InChI=1S/C76H135N3O9/c1-6-10-13-16-19-22-25-28-31-34-37-40-43-46-49-52-57-84-69-60-66(63-77-71(80)55-56-73(81)88-68-62-72(87-67(68)9-4)79-64-65(5)75(82)78-76(79)83)61-70(85-58-53-50-47-44-41-38-35-32-29-26-23-20-17-14-11-7-2)74(69)86-59-54-51-48-45-42-39-36-33-30-27-24-21-18-15-12-8-3/h60-61,64,67-68,72H,6-59,62-63H2,1-5H3,(H,77,80)(H,78,82,83). The van der Waals surface area contributed by atoms with Gasteiger partial charge in [-0.3, -0.25) is 23.9 Å². The lowest BCUT2D eigenvalue weighted by molar-refractivity contribution is -0.153. The number of aromatic nitrogens is 2. The zero-order valence-electron chi connectivity index (χ0n) is 57.7. The van der Waals surface area contributed by atoms with Crippen molar-refractivity contribution in [2.24, 2.45) is 0 Å². The zero-order valence-corrected chi connectivity index (χ0v) is 57.7. The summed E-state index contributed by atoms with van der Waals surface area (Å²) in [6.07, 6.45) is 63.7. The average Bonchev–Trinajstić information content (AvgIpc) is 2.06. The minimum Gasteiger partial charge on any atom is -0.490 e. The molecular weight excluding hydrogens is 1100 g/mol. The van der Waals surface area contributed by atoms with Gasteiger partial charge in [0.1, 0.15) is 12.3 Å². The summed E-state index contributed by atoms with van der Waals surface area (Å²) in [5.74, 6) is 1.21. The third-order valence-corrected chi connectivity index (χ3v) is 18.2. The minimum atomic E-state index is -0.685. The maximum atomic E-state index is 13.4. The lowest BCUT2D eigenvalue weighted by Gasteiger charge is -2.19. The molecule has 508 valence electrons. The molecule has 1 aromatic carbocycles. The summed E-state index contributed by atoms with van der Waals surface area (Å²) in [4.78, 5) is 53.6. The second-order valence-corrected chi connectivity index (χ2v) is 26.4. The van der Waals surface area contributed by atoms with E-state index in [1.807, 2.05) is 19.1 Å². The molecule has 2 N–H and O–H groups in total. The van der Waals surface area contributed by atoms with Gasteiger partial charge >= 0.3 is 11.7 Å². The number of hydrogen-bond acceptors (Lipinski definition) is 9. The number of benzene rings is 1. The normalized spacial score (nSPS) is 14.9. The topological polar surface area (TPSA) is 147 Å². The van der Waals surface area contributed by atoms with E-state index in [0.717, 1.165) is 44.1 Å². The lowest BCUT2D eigenvalue weighted by Crippen LogP contribution is -2.33. The number of amides is 1. The molecule has 1 aliphatic rings. The summed E-state index contributed by atoms with van der Waals surface area (Å²) in [7, 11) is 0. The Balaban J connectivity index is 1.58. The molecule has 2 heterocycles. The highest BCUT2D eigenvalue weighted by Crippen LogP contribution is 2.40. The van der Waals surface area contributed by atoms with Gasteiger partial charge in [-0.05, 0) is 50.3 Å². The van der Waals surface area contributed by atoms with Gasteiger partial charge in [0.05, 0.1) is 32.3 Å². The van der Waals surface area contributed by atoms with Crippen LogP contribution >= 0.6 is 0 Å². The monoisotopic (exact) mass is 1230 g/mol. The van der Waals surface area contributed by atoms with E-state index < -0.39 is 35.7 Å². The minimum absolute atomic E-state index is 0.0447. The van der Waals surface area contributed by atoms with Crippen LogP contribution < -0.4 is 30.8 Å². The van der Waals surface area contributed by atoms with E-state index in [9.17, 15) is 19.2 Å². The first-order valence-corrected chi connectivity index (χ1v) is 37.7. The van der Waals surface area contributed by atoms with Gasteiger partial charge in [-0.25, -0.2) is 4.79 Å². The predicted molar refractivity (Wildman–Crippen MR) is 367 cm³/mol. The molecule has 1 amide bonds.